The maximum Gasteiger partial charge on any atom is 0.249 e. The molecule has 5 nitrogen and oxygen atoms in total. The molecule has 21 heavy (non-hydrogen) atoms. The molecule has 110 valence electrons. The van der Waals surface area contributed by atoms with Gasteiger partial charge in [0, 0.05) is 13.1 Å². The van der Waals surface area contributed by atoms with Crippen LogP contribution < -0.4 is 10.2 Å². The Kier molecular flexibility index (Phi) is 3.59. The first-order valence-electron chi connectivity index (χ1n) is 6.50. The van der Waals surface area contributed by atoms with Gasteiger partial charge in [-0.3, -0.25) is 0 Å². The van der Waals surface area contributed by atoms with Gasteiger partial charge in [-0.1, -0.05) is 0 Å². The van der Waals surface area contributed by atoms with Gasteiger partial charge in [0.05, 0.1) is 11.9 Å². The molecule has 1 N–H and O–H groups in total. The number of benzene rings is 1. The van der Waals surface area contributed by atoms with Crippen LogP contribution in [0.15, 0.2) is 18.3 Å². The summed E-state index contributed by atoms with van der Waals surface area (Å²) in [6.07, 6.45) is 3.66. The molecule has 0 aliphatic carbocycles. The molecule has 0 atom stereocenters. The summed E-state index contributed by atoms with van der Waals surface area (Å²) in [5.41, 5.74) is -0.241. The van der Waals surface area contributed by atoms with E-state index in [1.165, 1.54) is 6.20 Å². The van der Waals surface area contributed by atoms with E-state index in [1.807, 2.05) is 4.90 Å². The Bertz CT molecular complexity index is 658. The van der Waals surface area contributed by atoms with Crippen LogP contribution in [0.2, 0.25) is 0 Å². The third-order valence-electron chi connectivity index (χ3n) is 3.26. The van der Waals surface area contributed by atoms with Gasteiger partial charge < -0.3 is 10.2 Å². The van der Waals surface area contributed by atoms with Gasteiger partial charge in [-0.05, 0) is 25.0 Å². The zero-order valence-corrected chi connectivity index (χ0v) is 11.0. The van der Waals surface area contributed by atoms with Crippen molar-refractivity contribution in [1.82, 2.24) is 15.2 Å². The van der Waals surface area contributed by atoms with Gasteiger partial charge in [-0.25, -0.2) is 13.2 Å². The number of aromatic nitrogens is 3. The largest absolute Gasteiger partial charge is 0.355 e. The molecule has 1 saturated heterocycles. The number of nitrogens with one attached hydrogen (secondary N) is 1. The zero-order valence-electron chi connectivity index (χ0n) is 11.0. The molecule has 2 heterocycles. The summed E-state index contributed by atoms with van der Waals surface area (Å²) >= 11 is 0. The van der Waals surface area contributed by atoms with E-state index in [2.05, 4.69) is 20.5 Å². The monoisotopic (exact) mass is 295 g/mol. The van der Waals surface area contributed by atoms with Crippen molar-refractivity contribution in [2.24, 2.45) is 0 Å². The normalized spacial score (nSPS) is 14.5. The van der Waals surface area contributed by atoms with Crippen LogP contribution in [0.5, 0.6) is 0 Å². The molecule has 1 fully saturated rings. The Balaban J connectivity index is 1.85. The molecule has 1 aliphatic rings. The first-order valence-corrected chi connectivity index (χ1v) is 6.50. The molecule has 1 aliphatic heterocycles. The van der Waals surface area contributed by atoms with Gasteiger partial charge in [0.2, 0.25) is 5.95 Å². The predicted octanol–water partition coefficient (Wildman–Crippen LogP) is 2.63. The molecule has 0 bridgehead atoms. The predicted molar refractivity (Wildman–Crippen MR) is 70.9 cm³/mol. The number of nitrogens with zero attached hydrogens (tertiary/aromatic N) is 4. The van der Waals surface area contributed by atoms with Crippen molar-refractivity contribution < 1.29 is 13.2 Å². The van der Waals surface area contributed by atoms with E-state index in [4.69, 9.17) is 0 Å². The molecule has 3 rings (SSSR count). The summed E-state index contributed by atoms with van der Waals surface area (Å²) in [5, 5.41) is 10.0. The zero-order chi connectivity index (χ0) is 14.8. The minimum Gasteiger partial charge on any atom is -0.355 e. The third-order valence-corrected chi connectivity index (χ3v) is 3.26. The van der Waals surface area contributed by atoms with E-state index in [9.17, 15) is 13.2 Å². The third kappa shape index (κ3) is 2.74. The van der Waals surface area contributed by atoms with E-state index in [1.54, 1.807) is 0 Å². The average Bonchev–Trinajstić information content (AvgIpc) is 3.03. The molecule has 1 aromatic carbocycles. The van der Waals surface area contributed by atoms with Crippen LogP contribution in [0.1, 0.15) is 12.8 Å². The van der Waals surface area contributed by atoms with Crippen LogP contribution in [-0.4, -0.2) is 28.3 Å². The number of halogens is 3. The Hall–Kier alpha value is -2.38. The molecule has 0 radical (unpaired) electrons. The highest BCUT2D eigenvalue weighted by Gasteiger charge is 2.17. The van der Waals surface area contributed by atoms with Crippen molar-refractivity contribution in [2.45, 2.75) is 12.8 Å². The highest BCUT2D eigenvalue weighted by Crippen LogP contribution is 2.23. The lowest BCUT2D eigenvalue weighted by Crippen LogP contribution is -2.20. The summed E-state index contributed by atoms with van der Waals surface area (Å²) in [6.45, 7) is 1.75. The smallest absolute Gasteiger partial charge is 0.249 e. The number of rotatable bonds is 3. The maximum absolute atomic E-state index is 13.6. The van der Waals surface area contributed by atoms with Crippen LogP contribution in [0.4, 0.5) is 30.6 Å². The van der Waals surface area contributed by atoms with Gasteiger partial charge in [-0.2, -0.15) is 10.1 Å². The molecule has 0 amide bonds. The van der Waals surface area contributed by atoms with Crippen LogP contribution >= 0.6 is 0 Å². The summed E-state index contributed by atoms with van der Waals surface area (Å²) < 4.78 is 39.6. The average molecular weight is 295 g/mol. The number of hydrogen-bond acceptors (Lipinski definition) is 5. The van der Waals surface area contributed by atoms with Gasteiger partial charge in [0.1, 0.15) is 0 Å². The second kappa shape index (κ2) is 5.55. The van der Waals surface area contributed by atoms with E-state index in [-0.39, 0.29) is 11.6 Å². The fourth-order valence-corrected chi connectivity index (χ4v) is 2.19. The fraction of sp³-hybridized carbons (Fsp3) is 0.308. The van der Waals surface area contributed by atoms with E-state index >= 15 is 0 Å². The molecule has 8 heteroatoms. The summed E-state index contributed by atoms with van der Waals surface area (Å²) in [7, 11) is 0. The lowest BCUT2D eigenvalue weighted by atomic mass is 10.3. The van der Waals surface area contributed by atoms with Crippen LogP contribution in [-0.2, 0) is 0 Å². The molecular weight excluding hydrogens is 283 g/mol. The van der Waals surface area contributed by atoms with Gasteiger partial charge in [0.15, 0.2) is 23.3 Å². The van der Waals surface area contributed by atoms with E-state index in [0.29, 0.717) is 5.82 Å². The molecule has 0 unspecified atom stereocenters. The Morgan fingerprint density at radius 3 is 2.57 bits per heavy atom. The second-order valence-electron chi connectivity index (χ2n) is 4.68. The lowest BCUT2D eigenvalue weighted by molar-refractivity contribution is 0.449. The summed E-state index contributed by atoms with van der Waals surface area (Å²) in [6, 6.07) is 1.91. The highest BCUT2D eigenvalue weighted by atomic mass is 19.2. The van der Waals surface area contributed by atoms with Gasteiger partial charge in [-0.15, -0.1) is 5.10 Å². The van der Waals surface area contributed by atoms with Crippen LogP contribution in [0.3, 0.4) is 0 Å². The first kappa shape index (κ1) is 13.6. The van der Waals surface area contributed by atoms with E-state index in [0.717, 1.165) is 38.1 Å². The molecule has 0 spiro atoms. The van der Waals surface area contributed by atoms with Crippen molar-refractivity contribution in [3.05, 3.63) is 35.8 Å². The summed E-state index contributed by atoms with van der Waals surface area (Å²) in [4.78, 5) is 6.23. The van der Waals surface area contributed by atoms with Crippen LogP contribution in [0, 0.1) is 17.5 Å². The van der Waals surface area contributed by atoms with Gasteiger partial charge in [0.25, 0.3) is 0 Å². The fourth-order valence-electron chi connectivity index (χ4n) is 2.19. The van der Waals surface area contributed by atoms with Crippen LogP contribution in [0.25, 0.3) is 0 Å². The Morgan fingerprint density at radius 2 is 1.81 bits per heavy atom. The highest BCUT2D eigenvalue weighted by molar-refractivity contribution is 5.55. The van der Waals surface area contributed by atoms with Crippen molar-refractivity contribution in [1.29, 1.82) is 0 Å². The van der Waals surface area contributed by atoms with E-state index < -0.39 is 17.5 Å². The molecule has 2 aromatic rings. The van der Waals surface area contributed by atoms with Crippen molar-refractivity contribution >= 4 is 17.5 Å². The topological polar surface area (TPSA) is 53.9 Å². The maximum atomic E-state index is 13.6. The molecular formula is C13H12F3N5. The lowest BCUT2D eigenvalue weighted by Gasteiger charge is -2.16. The minimum absolute atomic E-state index is 0.0318. The van der Waals surface area contributed by atoms with Crippen molar-refractivity contribution in [3.63, 3.8) is 0 Å². The van der Waals surface area contributed by atoms with Crippen molar-refractivity contribution in [2.75, 3.05) is 23.3 Å². The quantitative estimate of drug-likeness (QED) is 0.882. The first-order chi connectivity index (χ1) is 10.1. The standard InChI is InChI=1S/C13H12F3N5/c14-8-3-4-9(12(16)11(8)15)18-13-19-10(7-17-20-13)21-5-1-2-6-21/h3-4,7H,1-2,5-6H2,(H,18,19,20). The Labute approximate surface area is 118 Å². The Morgan fingerprint density at radius 1 is 1.05 bits per heavy atom. The number of hydrogen-bond donors (Lipinski definition) is 1. The molecule has 0 saturated carbocycles. The minimum atomic E-state index is -1.54. The number of anilines is 3. The van der Waals surface area contributed by atoms with Crippen molar-refractivity contribution in [3.8, 4) is 0 Å². The van der Waals surface area contributed by atoms with Gasteiger partial charge >= 0.3 is 0 Å². The summed E-state index contributed by atoms with van der Waals surface area (Å²) in [5.74, 6) is -3.45. The second-order valence-corrected chi connectivity index (χ2v) is 4.68. The SMILES string of the molecule is Fc1ccc(Nc2nncc(N3CCCC3)n2)c(F)c1F. The molecule has 1 aromatic heterocycles.